The van der Waals surface area contributed by atoms with Gasteiger partial charge in [-0.2, -0.15) is 0 Å². The Balaban J connectivity index is 1.53. The number of fused-ring (bicyclic) bond motifs is 1. The summed E-state index contributed by atoms with van der Waals surface area (Å²) < 4.78 is 2.06. The van der Waals surface area contributed by atoms with Crippen molar-refractivity contribution in [1.82, 2.24) is 14.6 Å². The van der Waals surface area contributed by atoms with Gasteiger partial charge in [-0.05, 0) is 56.5 Å². The number of nitrogens with zero attached hydrogens (tertiary/aromatic N) is 4. The van der Waals surface area contributed by atoms with Crippen LogP contribution in [0.4, 0.5) is 11.6 Å². The van der Waals surface area contributed by atoms with Gasteiger partial charge in [-0.3, -0.25) is 9.20 Å². The second-order valence-electron chi connectivity index (χ2n) is 7.00. The molecule has 1 atom stereocenters. The molecular formula is C20H23N5O. The van der Waals surface area contributed by atoms with E-state index < -0.39 is 0 Å². The highest BCUT2D eigenvalue weighted by Gasteiger charge is 2.28. The Morgan fingerprint density at radius 1 is 1.15 bits per heavy atom. The Hall–Kier alpha value is -2.89. The third-order valence-electron chi connectivity index (χ3n) is 4.97. The van der Waals surface area contributed by atoms with Crippen LogP contribution in [0.25, 0.3) is 5.65 Å². The standard InChI is InChI=1S/C20H23N5O/c1-14-6-3-9-17(12-14)21-19(26)16-8-5-11-24(13-16)20-23-22-18-10-4-7-15(2)25(18)20/h3-4,6-7,9-10,12,16H,5,8,11,13H2,1-2H3,(H,21,26). The van der Waals surface area contributed by atoms with Gasteiger partial charge in [-0.25, -0.2) is 0 Å². The van der Waals surface area contributed by atoms with Crippen LogP contribution in [0.15, 0.2) is 42.5 Å². The molecule has 2 aromatic heterocycles. The van der Waals surface area contributed by atoms with E-state index in [4.69, 9.17) is 0 Å². The zero-order valence-corrected chi connectivity index (χ0v) is 15.1. The van der Waals surface area contributed by atoms with E-state index in [2.05, 4.69) is 24.8 Å². The molecule has 1 unspecified atom stereocenters. The van der Waals surface area contributed by atoms with Gasteiger partial charge in [0.05, 0.1) is 5.92 Å². The Morgan fingerprint density at radius 2 is 2.00 bits per heavy atom. The average Bonchev–Trinajstić information content (AvgIpc) is 3.07. The SMILES string of the molecule is Cc1cccc(NC(=O)C2CCCN(c3nnc4cccc(C)n34)C2)c1. The highest BCUT2D eigenvalue weighted by atomic mass is 16.1. The van der Waals surface area contributed by atoms with Gasteiger partial charge in [-0.15, -0.1) is 10.2 Å². The number of hydrogen-bond donors (Lipinski definition) is 1. The lowest BCUT2D eigenvalue weighted by Crippen LogP contribution is -2.41. The van der Waals surface area contributed by atoms with E-state index in [-0.39, 0.29) is 11.8 Å². The maximum Gasteiger partial charge on any atom is 0.231 e. The van der Waals surface area contributed by atoms with E-state index in [9.17, 15) is 4.79 Å². The lowest BCUT2D eigenvalue weighted by molar-refractivity contribution is -0.120. The number of nitrogens with one attached hydrogen (secondary N) is 1. The molecular weight excluding hydrogens is 326 g/mol. The van der Waals surface area contributed by atoms with Crippen molar-refractivity contribution in [3.05, 3.63) is 53.7 Å². The normalized spacial score (nSPS) is 17.5. The Bertz CT molecular complexity index is 948. The molecule has 1 aliphatic rings. The number of anilines is 2. The first kappa shape index (κ1) is 16.6. The molecule has 1 aliphatic heterocycles. The molecule has 1 N–H and O–H groups in total. The molecule has 0 saturated carbocycles. The van der Waals surface area contributed by atoms with Gasteiger partial charge in [0, 0.05) is 24.5 Å². The largest absolute Gasteiger partial charge is 0.340 e. The van der Waals surface area contributed by atoms with E-state index in [1.54, 1.807) is 0 Å². The fraction of sp³-hybridized carbons (Fsp3) is 0.350. The molecule has 3 aromatic rings. The summed E-state index contributed by atoms with van der Waals surface area (Å²) in [7, 11) is 0. The van der Waals surface area contributed by atoms with Crippen LogP contribution in [0.5, 0.6) is 0 Å². The van der Waals surface area contributed by atoms with Crippen molar-refractivity contribution in [2.75, 3.05) is 23.3 Å². The molecule has 4 rings (SSSR count). The monoisotopic (exact) mass is 349 g/mol. The first-order valence-corrected chi connectivity index (χ1v) is 9.05. The number of hydrogen-bond acceptors (Lipinski definition) is 4. The Morgan fingerprint density at radius 3 is 2.85 bits per heavy atom. The maximum atomic E-state index is 12.7. The molecule has 0 bridgehead atoms. The number of pyridine rings is 1. The number of benzene rings is 1. The molecule has 6 heteroatoms. The molecule has 1 amide bonds. The van der Waals surface area contributed by atoms with Crippen molar-refractivity contribution in [2.45, 2.75) is 26.7 Å². The second kappa shape index (κ2) is 6.78. The van der Waals surface area contributed by atoms with Gasteiger partial charge in [0.15, 0.2) is 5.65 Å². The predicted octanol–water partition coefficient (Wildman–Crippen LogP) is 3.20. The van der Waals surface area contributed by atoms with Gasteiger partial charge in [-0.1, -0.05) is 18.2 Å². The fourth-order valence-electron chi connectivity index (χ4n) is 3.63. The van der Waals surface area contributed by atoms with Crippen molar-refractivity contribution in [3.63, 3.8) is 0 Å². The van der Waals surface area contributed by atoms with Gasteiger partial charge >= 0.3 is 0 Å². The molecule has 1 aromatic carbocycles. The zero-order valence-electron chi connectivity index (χ0n) is 15.1. The lowest BCUT2D eigenvalue weighted by atomic mass is 9.97. The van der Waals surface area contributed by atoms with Crippen LogP contribution in [0.1, 0.15) is 24.1 Å². The molecule has 3 heterocycles. The number of carbonyl (C=O) groups is 1. The molecule has 134 valence electrons. The quantitative estimate of drug-likeness (QED) is 0.789. The van der Waals surface area contributed by atoms with Crippen molar-refractivity contribution in [1.29, 1.82) is 0 Å². The number of aryl methyl sites for hydroxylation is 2. The van der Waals surface area contributed by atoms with Gasteiger partial charge in [0.2, 0.25) is 11.9 Å². The number of aromatic nitrogens is 3. The van der Waals surface area contributed by atoms with Crippen molar-refractivity contribution >= 4 is 23.2 Å². The molecule has 0 radical (unpaired) electrons. The van der Waals surface area contributed by atoms with Gasteiger partial charge in [0.25, 0.3) is 0 Å². The van der Waals surface area contributed by atoms with Crippen LogP contribution in [-0.4, -0.2) is 33.6 Å². The summed E-state index contributed by atoms with van der Waals surface area (Å²) in [5.41, 5.74) is 3.93. The van der Waals surface area contributed by atoms with Crippen LogP contribution in [0.2, 0.25) is 0 Å². The topological polar surface area (TPSA) is 62.5 Å². The van der Waals surface area contributed by atoms with Crippen LogP contribution in [-0.2, 0) is 4.79 Å². The maximum absolute atomic E-state index is 12.7. The summed E-state index contributed by atoms with van der Waals surface area (Å²) in [5, 5.41) is 11.7. The van der Waals surface area contributed by atoms with E-state index >= 15 is 0 Å². The van der Waals surface area contributed by atoms with Crippen molar-refractivity contribution < 1.29 is 4.79 Å². The summed E-state index contributed by atoms with van der Waals surface area (Å²) >= 11 is 0. The van der Waals surface area contributed by atoms with Crippen LogP contribution >= 0.6 is 0 Å². The fourth-order valence-corrected chi connectivity index (χ4v) is 3.63. The number of amides is 1. The van der Waals surface area contributed by atoms with Gasteiger partial charge < -0.3 is 10.2 Å². The smallest absolute Gasteiger partial charge is 0.231 e. The second-order valence-corrected chi connectivity index (χ2v) is 7.00. The summed E-state index contributed by atoms with van der Waals surface area (Å²) in [6.07, 6.45) is 1.86. The first-order chi connectivity index (χ1) is 12.6. The molecule has 0 aliphatic carbocycles. The average molecular weight is 349 g/mol. The van der Waals surface area contributed by atoms with E-state index in [0.29, 0.717) is 6.54 Å². The summed E-state index contributed by atoms with van der Waals surface area (Å²) in [4.78, 5) is 14.9. The Labute approximate surface area is 152 Å². The number of piperidine rings is 1. The predicted molar refractivity (Wildman–Crippen MR) is 102 cm³/mol. The minimum absolute atomic E-state index is 0.0550. The van der Waals surface area contributed by atoms with Crippen LogP contribution in [0, 0.1) is 19.8 Å². The summed E-state index contributed by atoms with van der Waals surface area (Å²) in [6.45, 7) is 5.62. The zero-order chi connectivity index (χ0) is 18.1. The molecule has 26 heavy (non-hydrogen) atoms. The first-order valence-electron chi connectivity index (χ1n) is 9.05. The third kappa shape index (κ3) is 3.14. The molecule has 1 saturated heterocycles. The van der Waals surface area contributed by atoms with Crippen LogP contribution < -0.4 is 10.2 Å². The van der Waals surface area contributed by atoms with Crippen LogP contribution in [0.3, 0.4) is 0 Å². The minimum atomic E-state index is -0.0550. The molecule has 6 nitrogen and oxygen atoms in total. The van der Waals surface area contributed by atoms with E-state index in [1.165, 1.54) is 0 Å². The lowest BCUT2D eigenvalue weighted by Gasteiger charge is -2.32. The number of rotatable bonds is 3. The third-order valence-corrected chi connectivity index (χ3v) is 4.97. The molecule has 1 fully saturated rings. The van der Waals surface area contributed by atoms with Gasteiger partial charge in [0.1, 0.15) is 0 Å². The highest BCUT2D eigenvalue weighted by molar-refractivity contribution is 5.93. The van der Waals surface area contributed by atoms with Crippen molar-refractivity contribution in [2.24, 2.45) is 5.92 Å². The van der Waals surface area contributed by atoms with E-state index in [1.807, 2.05) is 56.3 Å². The summed E-state index contributed by atoms with van der Waals surface area (Å²) in [5.74, 6) is 0.845. The Kier molecular flexibility index (Phi) is 4.32. The molecule has 0 spiro atoms. The minimum Gasteiger partial charge on any atom is -0.340 e. The highest BCUT2D eigenvalue weighted by Crippen LogP contribution is 2.24. The van der Waals surface area contributed by atoms with Crippen molar-refractivity contribution in [3.8, 4) is 0 Å². The number of carbonyl (C=O) groups excluding carboxylic acids is 1. The van der Waals surface area contributed by atoms with E-state index in [0.717, 1.165) is 47.9 Å². The summed E-state index contributed by atoms with van der Waals surface area (Å²) in [6, 6.07) is 13.9.